The number of anilines is 2. The zero-order valence-electron chi connectivity index (χ0n) is 17.1. The zero-order valence-corrected chi connectivity index (χ0v) is 17.1. The van der Waals surface area contributed by atoms with Gasteiger partial charge in [-0.2, -0.15) is 13.2 Å². The smallest absolute Gasteiger partial charge is 0.378 e. The summed E-state index contributed by atoms with van der Waals surface area (Å²) >= 11 is 0. The fourth-order valence-corrected chi connectivity index (χ4v) is 3.32. The molecular formula is C22H24F3N3O3. The van der Waals surface area contributed by atoms with Gasteiger partial charge in [0.05, 0.1) is 30.2 Å². The minimum absolute atomic E-state index is 0.0604. The van der Waals surface area contributed by atoms with Gasteiger partial charge in [-0.05, 0) is 36.8 Å². The van der Waals surface area contributed by atoms with E-state index >= 15 is 0 Å². The second-order valence-electron chi connectivity index (χ2n) is 7.20. The fourth-order valence-electron chi connectivity index (χ4n) is 3.32. The maximum absolute atomic E-state index is 13.2. The van der Waals surface area contributed by atoms with Gasteiger partial charge in [0.1, 0.15) is 0 Å². The molecule has 2 N–H and O–H groups in total. The van der Waals surface area contributed by atoms with Gasteiger partial charge >= 0.3 is 6.18 Å². The second kappa shape index (κ2) is 9.82. The minimum atomic E-state index is -4.52. The van der Waals surface area contributed by atoms with Crippen LogP contribution in [-0.2, 0) is 15.7 Å². The molecule has 2 aromatic carbocycles. The average molecular weight is 435 g/mol. The number of halogens is 3. The number of carbonyl (C=O) groups is 2. The Balaban J connectivity index is 1.66. The van der Waals surface area contributed by atoms with Crippen LogP contribution in [0.2, 0.25) is 0 Å². The first-order valence-corrected chi connectivity index (χ1v) is 9.93. The molecule has 0 spiro atoms. The van der Waals surface area contributed by atoms with Gasteiger partial charge in [0.25, 0.3) is 5.91 Å². The molecule has 2 amide bonds. The number of hydrogen-bond acceptors (Lipinski definition) is 4. The summed E-state index contributed by atoms with van der Waals surface area (Å²) in [6, 6.07) is 10.4. The van der Waals surface area contributed by atoms with Gasteiger partial charge in [-0.15, -0.1) is 0 Å². The standard InChI is InChI=1S/C22H24F3N3O3/c1-15-4-2-3-5-17(15)21(30)26-9-8-20(29)27-18-14-16(22(23,24)25)6-7-19(18)28-10-12-31-13-11-28/h2-7,14H,8-13H2,1H3,(H,26,30)(H,27,29). The molecule has 0 unspecified atom stereocenters. The Hall–Kier alpha value is -3.07. The van der Waals surface area contributed by atoms with Crippen LogP contribution in [0.15, 0.2) is 42.5 Å². The van der Waals surface area contributed by atoms with Crippen molar-refractivity contribution in [1.29, 1.82) is 0 Å². The predicted molar refractivity (Wildman–Crippen MR) is 111 cm³/mol. The summed E-state index contributed by atoms with van der Waals surface area (Å²) in [7, 11) is 0. The molecule has 6 nitrogen and oxygen atoms in total. The molecule has 0 aromatic heterocycles. The van der Waals surface area contributed by atoms with Crippen LogP contribution in [-0.4, -0.2) is 44.7 Å². The first-order valence-electron chi connectivity index (χ1n) is 9.93. The second-order valence-corrected chi connectivity index (χ2v) is 7.20. The molecule has 0 aliphatic carbocycles. The van der Waals surface area contributed by atoms with E-state index < -0.39 is 17.6 Å². The van der Waals surface area contributed by atoms with Crippen LogP contribution < -0.4 is 15.5 Å². The van der Waals surface area contributed by atoms with Crippen LogP contribution in [0.1, 0.15) is 27.9 Å². The van der Waals surface area contributed by atoms with Crippen molar-refractivity contribution in [3.8, 4) is 0 Å². The third-order valence-electron chi connectivity index (χ3n) is 4.98. The lowest BCUT2D eigenvalue weighted by Crippen LogP contribution is -2.37. The Kier molecular flexibility index (Phi) is 7.17. The molecule has 0 bridgehead atoms. The number of nitrogens with zero attached hydrogens (tertiary/aromatic N) is 1. The van der Waals surface area contributed by atoms with Crippen molar-refractivity contribution >= 4 is 23.2 Å². The van der Waals surface area contributed by atoms with E-state index in [4.69, 9.17) is 4.74 Å². The molecule has 3 rings (SSSR count). The number of carbonyl (C=O) groups excluding carboxylic acids is 2. The first-order chi connectivity index (χ1) is 14.8. The molecule has 9 heteroatoms. The molecule has 1 heterocycles. The van der Waals surface area contributed by atoms with Gasteiger partial charge in [-0.1, -0.05) is 18.2 Å². The summed E-state index contributed by atoms with van der Waals surface area (Å²) in [4.78, 5) is 26.5. The highest BCUT2D eigenvalue weighted by Crippen LogP contribution is 2.35. The lowest BCUT2D eigenvalue weighted by molar-refractivity contribution is -0.137. The third-order valence-corrected chi connectivity index (χ3v) is 4.98. The first kappa shape index (κ1) is 22.6. The van der Waals surface area contributed by atoms with Gasteiger partial charge in [-0.3, -0.25) is 9.59 Å². The molecule has 31 heavy (non-hydrogen) atoms. The molecule has 166 valence electrons. The van der Waals surface area contributed by atoms with Crippen molar-refractivity contribution < 1.29 is 27.5 Å². The van der Waals surface area contributed by atoms with Crippen LogP contribution in [0.4, 0.5) is 24.5 Å². The van der Waals surface area contributed by atoms with Crippen molar-refractivity contribution in [3.63, 3.8) is 0 Å². The lowest BCUT2D eigenvalue weighted by Gasteiger charge is -2.31. The maximum Gasteiger partial charge on any atom is 0.416 e. The fraction of sp³-hybridized carbons (Fsp3) is 0.364. The molecular weight excluding hydrogens is 411 g/mol. The quantitative estimate of drug-likeness (QED) is 0.727. The molecule has 0 radical (unpaired) electrons. The third kappa shape index (κ3) is 5.97. The normalized spacial score (nSPS) is 14.3. The topological polar surface area (TPSA) is 70.7 Å². The van der Waals surface area contributed by atoms with E-state index in [1.165, 1.54) is 6.07 Å². The number of ether oxygens (including phenoxy) is 1. The van der Waals surface area contributed by atoms with Crippen molar-refractivity contribution in [2.75, 3.05) is 43.1 Å². The Bertz CT molecular complexity index is 941. The zero-order chi connectivity index (χ0) is 22.4. The summed E-state index contributed by atoms with van der Waals surface area (Å²) in [5.41, 5.74) is 1.08. The van der Waals surface area contributed by atoms with Gasteiger partial charge in [0.15, 0.2) is 0 Å². The van der Waals surface area contributed by atoms with Crippen LogP contribution in [0, 0.1) is 6.92 Å². The van der Waals surface area contributed by atoms with Crippen LogP contribution >= 0.6 is 0 Å². The molecule has 0 saturated carbocycles. The number of morpholine rings is 1. The Morgan fingerprint density at radius 2 is 1.81 bits per heavy atom. The summed E-state index contributed by atoms with van der Waals surface area (Å²) in [5, 5.41) is 5.24. The number of rotatable bonds is 6. The Labute approximate surface area is 178 Å². The number of nitrogens with one attached hydrogen (secondary N) is 2. The largest absolute Gasteiger partial charge is 0.416 e. The SMILES string of the molecule is Cc1ccccc1C(=O)NCCC(=O)Nc1cc(C(F)(F)F)ccc1N1CCOCC1. The predicted octanol–water partition coefficient (Wildman–Crippen LogP) is 3.61. The summed E-state index contributed by atoms with van der Waals surface area (Å²) in [6.45, 7) is 3.81. The van der Waals surface area contributed by atoms with E-state index in [1.807, 2.05) is 24.0 Å². The van der Waals surface area contributed by atoms with Gasteiger partial charge in [0.2, 0.25) is 5.91 Å². The highest BCUT2D eigenvalue weighted by Gasteiger charge is 2.32. The van der Waals surface area contributed by atoms with E-state index in [9.17, 15) is 22.8 Å². The Morgan fingerprint density at radius 3 is 2.48 bits per heavy atom. The van der Waals surface area contributed by atoms with Crippen molar-refractivity contribution in [1.82, 2.24) is 5.32 Å². The van der Waals surface area contributed by atoms with Crippen molar-refractivity contribution in [2.45, 2.75) is 19.5 Å². The summed E-state index contributed by atoms with van der Waals surface area (Å²) in [6.07, 6.45) is -4.60. The van der Waals surface area contributed by atoms with Crippen molar-refractivity contribution in [2.24, 2.45) is 0 Å². The van der Waals surface area contributed by atoms with E-state index in [1.54, 1.807) is 12.1 Å². The number of alkyl halides is 3. The number of hydrogen-bond donors (Lipinski definition) is 2. The van der Waals surface area contributed by atoms with Gasteiger partial charge in [0, 0.05) is 31.6 Å². The van der Waals surface area contributed by atoms with E-state index in [2.05, 4.69) is 10.6 Å². The number of benzene rings is 2. The molecule has 1 fully saturated rings. The number of aryl methyl sites for hydroxylation is 1. The van der Waals surface area contributed by atoms with E-state index in [0.717, 1.165) is 17.7 Å². The van der Waals surface area contributed by atoms with E-state index in [0.29, 0.717) is 37.6 Å². The monoisotopic (exact) mass is 435 g/mol. The van der Waals surface area contributed by atoms with Gasteiger partial charge in [-0.25, -0.2) is 0 Å². The maximum atomic E-state index is 13.2. The molecule has 1 aliphatic heterocycles. The molecule has 1 saturated heterocycles. The number of amides is 2. The molecule has 2 aromatic rings. The minimum Gasteiger partial charge on any atom is -0.378 e. The van der Waals surface area contributed by atoms with E-state index in [-0.39, 0.29) is 24.6 Å². The average Bonchev–Trinajstić information content (AvgIpc) is 2.74. The molecule has 0 atom stereocenters. The van der Waals surface area contributed by atoms with Crippen LogP contribution in [0.25, 0.3) is 0 Å². The Morgan fingerprint density at radius 1 is 1.10 bits per heavy atom. The summed E-state index contributed by atoms with van der Waals surface area (Å²) < 4.78 is 44.8. The van der Waals surface area contributed by atoms with Crippen LogP contribution in [0.5, 0.6) is 0 Å². The van der Waals surface area contributed by atoms with Crippen LogP contribution in [0.3, 0.4) is 0 Å². The highest BCUT2D eigenvalue weighted by molar-refractivity contribution is 5.97. The van der Waals surface area contributed by atoms with Gasteiger partial charge < -0.3 is 20.3 Å². The lowest BCUT2D eigenvalue weighted by atomic mass is 10.1. The van der Waals surface area contributed by atoms with Crippen molar-refractivity contribution in [3.05, 3.63) is 59.2 Å². The highest BCUT2D eigenvalue weighted by atomic mass is 19.4. The summed E-state index contributed by atoms with van der Waals surface area (Å²) in [5.74, 6) is -0.794. The molecule has 1 aliphatic rings.